The number of phenolic OH excluding ortho intramolecular Hbond substituents is 1. The van der Waals surface area contributed by atoms with E-state index in [1.54, 1.807) is 30.3 Å². The van der Waals surface area contributed by atoms with Gasteiger partial charge in [0.1, 0.15) is 5.75 Å². The number of carbonyl (C=O) groups is 1. The van der Waals surface area contributed by atoms with E-state index in [4.69, 9.17) is 9.47 Å². The van der Waals surface area contributed by atoms with Crippen LogP contribution >= 0.6 is 0 Å². The highest BCUT2D eigenvalue weighted by molar-refractivity contribution is 7.89. The summed E-state index contributed by atoms with van der Waals surface area (Å²) in [6.45, 7) is 1.80. The van der Waals surface area contributed by atoms with Crippen LogP contribution in [0.3, 0.4) is 0 Å². The highest BCUT2D eigenvalue weighted by atomic mass is 32.2. The lowest BCUT2D eigenvalue weighted by molar-refractivity contribution is -0.126. The maximum absolute atomic E-state index is 13.1. The number of para-hydroxylation sites is 1. The van der Waals surface area contributed by atoms with Gasteiger partial charge in [0.05, 0.1) is 18.1 Å². The molecule has 2 aliphatic rings. The molecule has 2 N–H and O–H groups in total. The summed E-state index contributed by atoms with van der Waals surface area (Å²) < 4.78 is 38.8. The molecule has 8 nitrogen and oxygen atoms in total. The van der Waals surface area contributed by atoms with Crippen molar-refractivity contribution in [1.29, 1.82) is 0 Å². The summed E-state index contributed by atoms with van der Waals surface area (Å²) in [6.07, 6.45) is 1.63. The maximum atomic E-state index is 13.1. The molecule has 0 saturated carbocycles. The van der Waals surface area contributed by atoms with E-state index < -0.39 is 10.0 Å². The van der Waals surface area contributed by atoms with Gasteiger partial charge < -0.3 is 19.9 Å². The molecule has 0 radical (unpaired) electrons. The van der Waals surface area contributed by atoms with E-state index in [-0.39, 0.29) is 42.1 Å². The van der Waals surface area contributed by atoms with Crippen LogP contribution < -0.4 is 14.8 Å². The lowest BCUT2D eigenvalue weighted by Crippen LogP contribution is -2.42. The summed E-state index contributed by atoms with van der Waals surface area (Å²) in [5.74, 6) is 0.740. The van der Waals surface area contributed by atoms with Crippen LogP contribution in [0.4, 0.5) is 0 Å². The fraction of sp³-hybridized carbons (Fsp3) is 0.409. The number of hydrogen-bond donors (Lipinski definition) is 2. The van der Waals surface area contributed by atoms with Crippen LogP contribution in [0, 0.1) is 5.92 Å². The molecule has 1 amide bonds. The highest BCUT2D eigenvalue weighted by Gasteiger charge is 2.32. The Morgan fingerprint density at radius 1 is 1.06 bits per heavy atom. The van der Waals surface area contributed by atoms with Gasteiger partial charge in [-0.05, 0) is 31.0 Å². The van der Waals surface area contributed by atoms with Gasteiger partial charge in [0, 0.05) is 43.6 Å². The largest absolute Gasteiger partial charge is 0.508 e. The number of benzene rings is 2. The third kappa shape index (κ3) is 4.77. The van der Waals surface area contributed by atoms with Gasteiger partial charge in [-0.15, -0.1) is 0 Å². The van der Waals surface area contributed by atoms with Crippen molar-refractivity contribution in [3.05, 3.63) is 48.0 Å². The smallest absolute Gasteiger partial charge is 0.243 e. The number of hydrogen-bond acceptors (Lipinski definition) is 6. The van der Waals surface area contributed by atoms with Crippen molar-refractivity contribution in [3.8, 4) is 17.2 Å². The van der Waals surface area contributed by atoms with E-state index in [2.05, 4.69) is 5.32 Å². The third-order valence-electron chi connectivity index (χ3n) is 5.63. The zero-order chi connectivity index (χ0) is 21.8. The van der Waals surface area contributed by atoms with Crippen molar-refractivity contribution >= 4 is 15.9 Å². The maximum Gasteiger partial charge on any atom is 0.243 e. The van der Waals surface area contributed by atoms with E-state index in [1.807, 2.05) is 0 Å². The van der Waals surface area contributed by atoms with Gasteiger partial charge in [0.25, 0.3) is 0 Å². The van der Waals surface area contributed by atoms with E-state index in [9.17, 15) is 18.3 Å². The van der Waals surface area contributed by atoms with Crippen LogP contribution in [-0.2, 0) is 21.4 Å². The average molecular weight is 447 g/mol. The summed E-state index contributed by atoms with van der Waals surface area (Å²) in [5.41, 5.74) is 0.644. The highest BCUT2D eigenvalue weighted by Crippen LogP contribution is 2.33. The van der Waals surface area contributed by atoms with Crippen molar-refractivity contribution in [1.82, 2.24) is 9.62 Å². The van der Waals surface area contributed by atoms with Crippen LogP contribution in [0.25, 0.3) is 0 Å². The summed E-state index contributed by atoms with van der Waals surface area (Å²) in [4.78, 5) is 12.7. The van der Waals surface area contributed by atoms with Crippen molar-refractivity contribution < 1.29 is 27.8 Å². The number of phenols is 1. The summed E-state index contributed by atoms with van der Waals surface area (Å²) in [5, 5.41) is 12.7. The Morgan fingerprint density at radius 3 is 2.52 bits per heavy atom. The van der Waals surface area contributed by atoms with Gasteiger partial charge in [-0.25, -0.2) is 8.42 Å². The fourth-order valence-electron chi connectivity index (χ4n) is 3.80. The molecule has 0 unspecified atom stereocenters. The Bertz CT molecular complexity index is 1050. The van der Waals surface area contributed by atoms with E-state index in [0.717, 1.165) is 6.42 Å². The Kier molecular flexibility index (Phi) is 6.33. The molecule has 0 aliphatic carbocycles. The normalized spacial score (nSPS) is 17.7. The van der Waals surface area contributed by atoms with Gasteiger partial charge >= 0.3 is 0 Å². The number of fused-ring (bicyclic) bond motifs is 1. The second-order valence-corrected chi connectivity index (χ2v) is 9.62. The first-order valence-corrected chi connectivity index (χ1v) is 11.8. The first-order valence-electron chi connectivity index (χ1n) is 10.4. The lowest BCUT2D eigenvalue weighted by atomic mass is 9.97. The van der Waals surface area contributed by atoms with Gasteiger partial charge in [-0.3, -0.25) is 4.79 Å². The van der Waals surface area contributed by atoms with Crippen LogP contribution in [0.15, 0.2) is 47.4 Å². The summed E-state index contributed by atoms with van der Waals surface area (Å²) in [7, 11) is -3.68. The Morgan fingerprint density at radius 2 is 1.77 bits per heavy atom. The molecule has 2 heterocycles. The second-order valence-electron chi connectivity index (χ2n) is 7.68. The summed E-state index contributed by atoms with van der Waals surface area (Å²) >= 11 is 0. The standard InChI is InChI=1S/C22H26N2O6S/c25-19-5-2-1-4-17(19)15-23-22(26)16-8-10-24(11-9-16)31(27,28)18-6-7-20-21(14-18)30-13-3-12-29-20/h1-2,4-7,14,16,25H,3,8-13,15H2,(H,23,26). The molecule has 166 valence electrons. The van der Waals surface area contributed by atoms with E-state index in [0.29, 0.717) is 43.1 Å². The number of carbonyl (C=O) groups excluding carboxylic acids is 1. The van der Waals surface area contributed by atoms with Crippen molar-refractivity contribution in [2.75, 3.05) is 26.3 Å². The molecule has 1 fully saturated rings. The number of piperidine rings is 1. The predicted molar refractivity (Wildman–Crippen MR) is 113 cm³/mol. The van der Waals surface area contributed by atoms with Crippen LogP contribution in [-0.4, -0.2) is 50.0 Å². The number of aromatic hydroxyl groups is 1. The molecule has 0 bridgehead atoms. The van der Waals surface area contributed by atoms with Crippen LogP contribution in [0.2, 0.25) is 0 Å². The second kappa shape index (κ2) is 9.15. The van der Waals surface area contributed by atoms with Crippen LogP contribution in [0.5, 0.6) is 17.2 Å². The number of ether oxygens (including phenoxy) is 2. The molecular formula is C22H26N2O6S. The number of nitrogens with one attached hydrogen (secondary N) is 1. The summed E-state index contributed by atoms with van der Waals surface area (Å²) in [6, 6.07) is 11.5. The molecule has 2 aromatic rings. The van der Waals surface area contributed by atoms with Crippen molar-refractivity contribution in [2.24, 2.45) is 5.92 Å². The molecule has 31 heavy (non-hydrogen) atoms. The monoisotopic (exact) mass is 446 g/mol. The zero-order valence-corrected chi connectivity index (χ0v) is 17.9. The zero-order valence-electron chi connectivity index (χ0n) is 17.1. The third-order valence-corrected chi connectivity index (χ3v) is 7.52. The molecule has 1 saturated heterocycles. The Hall–Kier alpha value is -2.78. The van der Waals surface area contributed by atoms with Crippen molar-refractivity contribution in [3.63, 3.8) is 0 Å². The molecule has 4 rings (SSSR count). The van der Waals surface area contributed by atoms with Gasteiger partial charge in [-0.2, -0.15) is 4.31 Å². The quantitative estimate of drug-likeness (QED) is 0.730. The predicted octanol–water partition coefficient (Wildman–Crippen LogP) is 2.27. The molecule has 0 atom stereocenters. The Labute approximate surface area is 181 Å². The van der Waals surface area contributed by atoms with Gasteiger partial charge in [0.2, 0.25) is 15.9 Å². The minimum Gasteiger partial charge on any atom is -0.508 e. The molecule has 0 aromatic heterocycles. The van der Waals surface area contributed by atoms with Gasteiger partial charge in [0.15, 0.2) is 11.5 Å². The minimum atomic E-state index is -3.68. The van der Waals surface area contributed by atoms with Gasteiger partial charge in [-0.1, -0.05) is 18.2 Å². The number of nitrogens with zero attached hydrogens (tertiary/aromatic N) is 1. The molecule has 2 aliphatic heterocycles. The first kappa shape index (κ1) is 21.5. The number of sulfonamides is 1. The van der Waals surface area contributed by atoms with E-state index >= 15 is 0 Å². The topological polar surface area (TPSA) is 105 Å². The number of rotatable bonds is 5. The fourth-order valence-corrected chi connectivity index (χ4v) is 5.28. The SMILES string of the molecule is O=C(NCc1ccccc1O)C1CCN(S(=O)(=O)c2ccc3c(c2)OCCCO3)CC1. The minimum absolute atomic E-state index is 0.129. The lowest BCUT2D eigenvalue weighted by Gasteiger charge is -2.30. The van der Waals surface area contributed by atoms with Crippen molar-refractivity contribution in [2.45, 2.75) is 30.7 Å². The van der Waals surface area contributed by atoms with E-state index in [1.165, 1.54) is 16.4 Å². The van der Waals surface area contributed by atoms with Crippen LogP contribution in [0.1, 0.15) is 24.8 Å². The molecule has 9 heteroatoms. The molecule has 2 aromatic carbocycles. The number of amides is 1. The Balaban J connectivity index is 1.36. The molecular weight excluding hydrogens is 420 g/mol. The first-order chi connectivity index (χ1) is 14.9. The average Bonchev–Trinajstić information content (AvgIpc) is 3.03. The molecule has 0 spiro atoms.